The molecule has 0 aromatic heterocycles. The topological polar surface area (TPSA) is 17.1 Å². The van der Waals surface area contributed by atoms with Crippen molar-refractivity contribution in [2.45, 2.75) is 37.8 Å². The van der Waals surface area contributed by atoms with Gasteiger partial charge in [-0.2, -0.15) is 0 Å². The van der Waals surface area contributed by atoms with Crippen LogP contribution in [0.4, 0.5) is 4.39 Å². The monoisotopic (exact) mass is 206 g/mol. The number of carbonyl (C=O) groups is 1. The zero-order valence-electron chi connectivity index (χ0n) is 8.66. The molecule has 1 aromatic carbocycles. The Balaban J connectivity index is 2.17. The van der Waals surface area contributed by atoms with Crippen molar-refractivity contribution in [1.82, 2.24) is 0 Å². The molecular formula is C13H15FO. The highest BCUT2D eigenvalue weighted by Gasteiger charge is 2.22. The lowest BCUT2D eigenvalue weighted by atomic mass is 9.83. The first kappa shape index (κ1) is 10.3. The van der Waals surface area contributed by atoms with Crippen LogP contribution >= 0.6 is 0 Å². The van der Waals surface area contributed by atoms with Gasteiger partial charge < -0.3 is 0 Å². The van der Waals surface area contributed by atoms with Crippen LogP contribution in [0.5, 0.6) is 0 Å². The Hall–Kier alpha value is -1.18. The van der Waals surface area contributed by atoms with Crippen LogP contribution in [0, 0.1) is 0 Å². The van der Waals surface area contributed by atoms with Gasteiger partial charge in [-0.15, -0.1) is 0 Å². The van der Waals surface area contributed by atoms with Crippen LogP contribution < -0.4 is 0 Å². The molecule has 0 spiro atoms. The lowest BCUT2D eigenvalue weighted by Crippen LogP contribution is -2.14. The van der Waals surface area contributed by atoms with Crippen molar-refractivity contribution >= 4 is 6.29 Å². The SMILES string of the molecule is O=Cc1cccc(C2CCCC(F)C2)c1. The highest BCUT2D eigenvalue weighted by molar-refractivity contribution is 5.75. The third-order valence-electron chi connectivity index (χ3n) is 3.13. The third kappa shape index (κ3) is 2.44. The Morgan fingerprint density at radius 1 is 1.33 bits per heavy atom. The second kappa shape index (κ2) is 4.56. The van der Waals surface area contributed by atoms with E-state index in [1.165, 1.54) is 0 Å². The highest BCUT2D eigenvalue weighted by Crippen LogP contribution is 2.34. The van der Waals surface area contributed by atoms with Gasteiger partial charge in [-0.3, -0.25) is 4.79 Å². The Morgan fingerprint density at radius 2 is 2.20 bits per heavy atom. The Kier molecular flexibility index (Phi) is 3.14. The van der Waals surface area contributed by atoms with E-state index in [0.717, 1.165) is 24.7 Å². The minimum Gasteiger partial charge on any atom is -0.298 e. The van der Waals surface area contributed by atoms with E-state index in [1.807, 2.05) is 18.2 Å². The van der Waals surface area contributed by atoms with E-state index < -0.39 is 6.17 Å². The molecule has 0 saturated heterocycles. The Bertz CT molecular complexity index is 348. The summed E-state index contributed by atoms with van der Waals surface area (Å²) in [7, 11) is 0. The average molecular weight is 206 g/mol. The molecule has 2 rings (SSSR count). The minimum absolute atomic E-state index is 0.300. The van der Waals surface area contributed by atoms with Crippen LogP contribution in [0.1, 0.15) is 47.5 Å². The summed E-state index contributed by atoms with van der Waals surface area (Å²) in [5, 5.41) is 0. The number of aldehydes is 1. The molecule has 1 nitrogen and oxygen atoms in total. The largest absolute Gasteiger partial charge is 0.298 e. The van der Waals surface area contributed by atoms with Crippen LogP contribution in [-0.4, -0.2) is 12.5 Å². The molecule has 1 aliphatic rings. The summed E-state index contributed by atoms with van der Waals surface area (Å²) in [5.41, 5.74) is 1.80. The molecule has 80 valence electrons. The molecule has 1 fully saturated rings. The minimum atomic E-state index is -0.663. The van der Waals surface area contributed by atoms with E-state index in [-0.39, 0.29) is 0 Å². The third-order valence-corrected chi connectivity index (χ3v) is 3.13. The van der Waals surface area contributed by atoms with Gasteiger partial charge in [0.25, 0.3) is 0 Å². The zero-order valence-corrected chi connectivity index (χ0v) is 8.66. The fourth-order valence-electron chi connectivity index (χ4n) is 2.32. The molecule has 1 aromatic rings. The van der Waals surface area contributed by atoms with Gasteiger partial charge in [-0.1, -0.05) is 18.2 Å². The normalized spacial score (nSPS) is 26.2. The summed E-state index contributed by atoms with van der Waals surface area (Å²) < 4.78 is 13.2. The smallest absolute Gasteiger partial charge is 0.150 e. The molecule has 0 N–H and O–H groups in total. The van der Waals surface area contributed by atoms with Gasteiger partial charge in [0.1, 0.15) is 12.5 Å². The summed E-state index contributed by atoms with van der Waals surface area (Å²) in [6.45, 7) is 0. The van der Waals surface area contributed by atoms with E-state index in [0.29, 0.717) is 24.3 Å². The van der Waals surface area contributed by atoms with Crippen molar-refractivity contribution in [1.29, 1.82) is 0 Å². The first-order valence-corrected chi connectivity index (χ1v) is 5.49. The first-order valence-electron chi connectivity index (χ1n) is 5.49. The number of rotatable bonds is 2. The molecule has 0 heterocycles. The maximum Gasteiger partial charge on any atom is 0.150 e. The number of hydrogen-bond donors (Lipinski definition) is 0. The van der Waals surface area contributed by atoms with Gasteiger partial charge >= 0.3 is 0 Å². The van der Waals surface area contributed by atoms with Crippen molar-refractivity contribution in [2.24, 2.45) is 0 Å². The predicted octanol–water partition coefficient (Wildman–Crippen LogP) is 3.49. The molecule has 15 heavy (non-hydrogen) atoms. The number of carbonyl (C=O) groups excluding carboxylic acids is 1. The van der Waals surface area contributed by atoms with Crippen LogP contribution in [0.3, 0.4) is 0 Å². The van der Waals surface area contributed by atoms with Gasteiger partial charge in [0.15, 0.2) is 0 Å². The van der Waals surface area contributed by atoms with Crippen LogP contribution in [0.25, 0.3) is 0 Å². The summed E-state index contributed by atoms with van der Waals surface area (Å²) in [5.74, 6) is 0.300. The summed E-state index contributed by atoms with van der Waals surface area (Å²) in [6, 6.07) is 7.54. The second-order valence-corrected chi connectivity index (χ2v) is 4.25. The lowest BCUT2D eigenvalue weighted by Gasteiger charge is -2.24. The fraction of sp³-hybridized carbons (Fsp3) is 0.462. The molecule has 2 atom stereocenters. The molecule has 0 amide bonds. The average Bonchev–Trinajstić information content (AvgIpc) is 2.29. The fourth-order valence-corrected chi connectivity index (χ4v) is 2.32. The number of hydrogen-bond acceptors (Lipinski definition) is 1. The van der Waals surface area contributed by atoms with Gasteiger partial charge in [-0.05, 0) is 43.2 Å². The van der Waals surface area contributed by atoms with Crippen molar-refractivity contribution in [3.8, 4) is 0 Å². The van der Waals surface area contributed by atoms with Crippen LogP contribution in [0.15, 0.2) is 24.3 Å². The van der Waals surface area contributed by atoms with E-state index in [4.69, 9.17) is 0 Å². The van der Waals surface area contributed by atoms with Crippen LogP contribution in [0.2, 0.25) is 0 Å². The molecule has 0 radical (unpaired) electrons. The number of halogens is 1. The van der Waals surface area contributed by atoms with E-state index in [2.05, 4.69) is 0 Å². The molecule has 2 heteroatoms. The predicted molar refractivity (Wildman–Crippen MR) is 57.9 cm³/mol. The summed E-state index contributed by atoms with van der Waals surface area (Å²) >= 11 is 0. The van der Waals surface area contributed by atoms with Crippen LogP contribution in [-0.2, 0) is 0 Å². The molecule has 1 saturated carbocycles. The lowest BCUT2D eigenvalue weighted by molar-refractivity contribution is 0.112. The van der Waals surface area contributed by atoms with Gasteiger partial charge in [0, 0.05) is 5.56 Å². The Labute approximate surface area is 89.3 Å². The van der Waals surface area contributed by atoms with Crippen molar-refractivity contribution in [3.05, 3.63) is 35.4 Å². The van der Waals surface area contributed by atoms with Crippen molar-refractivity contribution < 1.29 is 9.18 Å². The quantitative estimate of drug-likeness (QED) is 0.677. The maximum atomic E-state index is 13.2. The van der Waals surface area contributed by atoms with Crippen molar-refractivity contribution in [3.63, 3.8) is 0 Å². The van der Waals surface area contributed by atoms with Gasteiger partial charge in [-0.25, -0.2) is 4.39 Å². The van der Waals surface area contributed by atoms with Crippen molar-refractivity contribution in [2.75, 3.05) is 0 Å². The molecular weight excluding hydrogens is 191 g/mol. The van der Waals surface area contributed by atoms with Gasteiger partial charge in [0.05, 0.1) is 0 Å². The maximum absolute atomic E-state index is 13.2. The summed E-state index contributed by atoms with van der Waals surface area (Å²) in [4.78, 5) is 10.6. The second-order valence-electron chi connectivity index (χ2n) is 4.25. The van der Waals surface area contributed by atoms with E-state index in [9.17, 15) is 9.18 Å². The standard InChI is InChI=1S/C13H15FO/c14-13-6-2-5-12(8-13)11-4-1-3-10(7-11)9-15/h1,3-4,7,9,12-13H,2,5-6,8H2. The number of alkyl halides is 1. The zero-order chi connectivity index (χ0) is 10.7. The Morgan fingerprint density at radius 3 is 2.93 bits per heavy atom. The molecule has 1 aliphatic carbocycles. The van der Waals surface area contributed by atoms with E-state index >= 15 is 0 Å². The molecule has 0 bridgehead atoms. The first-order chi connectivity index (χ1) is 7.29. The number of benzene rings is 1. The van der Waals surface area contributed by atoms with E-state index in [1.54, 1.807) is 6.07 Å². The molecule has 0 aliphatic heterocycles. The van der Waals surface area contributed by atoms with Gasteiger partial charge in [0.2, 0.25) is 0 Å². The summed E-state index contributed by atoms with van der Waals surface area (Å²) in [6.07, 6.45) is 3.49. The highest BCUT2D eigenvalue weighted by atomic mass is 19.1. The molecule has 2 unspecified atom stereocenters.